The number of hydrogen-bond donors (Lipinski definition) is 0. The van der Waals surface area contributed by atoms with E-state index in [1.807, 2.05) is 0 Å². The Kier molecular flexibility index (Phi) is 3.78. The third-order valence-electron chi connectivity index (χ3n) is 3.05. The Hall–Kier alpha value is -0.0400. The fraction of sp³-hybridized carbons (Fsp3) is 1.00. The Balaban J connectivity index is 2.50. The van der Waals surface area contributed by atoms with Crippen molar-refractivity contribution < 1.29 is 4.74 Å². The van der Waals surface area contributed by atoms with Crippen molar-refractivity contribution in [2.24, 2.45) is 17.8 Å². The molecule has 3 atom stereocenters. The summed E-state index contributed by atoms with van der Waals surface area (Å²) < 4.78 is 5.95. The van der Waals surface area contributed by atoms with E-state index in [2.05, 4.69) is 34.6 Å². The maximum atomic E-state index is 5.95. The SMILES string of the molecule is CC(C)CC1OC(C)CC1C(C)C. The largest absolute Gasteiger partial charge is 0.375 e. The van der Waals surface area contributed by atoms with Crippen LogP contribution in [0.4, 0.5) is 0 Å². The molecule has 0 amide bonds. The van der Waals surface area contributed by atoms with Crippen LogP contribution in [0.3, 0.4) is 0 Å². The molecule has 1 saturated heterocycles. The van der Waals surface area contributed by atoms with Crippen LogP contribution >= 0.6 is 0 Å². The summed E-state index contributed by atoms with van der Waals surface area (Å²) in [6.45, 7) is 11.4. The number of rotatable bonds is 3. The zero-order valence-corrected chi connectivity index (χ0v) is 9.71. The molecule has 0 radical (unpaired) electrons. The highest BCUT2D eigenvalue weighted by Crippen LogP contribution is 2.35. The van der Waals surface area contributed by atoms with Crippen LogP contribution in [0.15, 0.2) is 0 Å². The predicted octanol–water partition coefficient (Wildman–Crippen LogP) is 3.48. The van der Waals surface area contributed by atoms with E-state index in [1.165, 1.54) is 12.8 Å². The highest BCUT2D eigenvalue weighted by molar-refractivity contribution is 4.83. The quantitative estimate of drug-likeness (QED) is 0.652. The van der Waals surface area contributed by atoms with Crippen molar-refractivity contribution in [3.05, 3.63) is 0 Å². The van der Waals surface area contributed by atoms with Gasteiger partial charge in [0.25, 0.3) is 0 Å². The molecule has 1 heteroatoms. The molecule has 0 N–H and O–H groups in total. The van der Waals surface area contributed by atoms with Crippen molar-refractivity contribution in [2.45, 2.75) is 59.7 Å². The van der Waals surface area contributed by atoms with Gasteiger partial charge in [-0.15, -0.1) is 0 Å². The van der Waals surface area contributed by atoms with Gasteiger partial charge in [0.05, 0.1) is 12.2 Å². The molecule has 0 aromatic rings. The lowest BCUT2D eigenvalue weighted by Crippen LogP contribution is -2.22. The molecule has 1 aliphatic heterocycles. The first-order valence-corrected chi connectivity index (χ1v) is 5.66. The fourth-order valence-corrected chi connectivity index (χ4v) is 2.39. The van der Waals surface area contributed by atoms with E-state index in [1.54, 1.807) is 0 Å². The maximum Gasteiger partial charge on any atom is 0.0612 e. The van der Waals surface area contributed by atoms with Crippen LogP contribution in [0.1, 0.15) is 47.5 Å². The van der Waals surface area contributed by atoms with Gasteiger partial charge in [0, 0.05) is 0 Å². The predicted molar refractivity (Wildman–Crippen MR) is 56.7 cm³/mol. The van der Waals surface area contributed by atoms with Gasteiger partial charge in [-0.25, -0.2) is 0 Å². The molecular weight excluding hydrogens is 160 g/mol. The number of ether oxygens (including phenoxy) is 1. The first-order chi connectivity index (χ1) is 6.00. The molecule has 0 aromatic heterocycles. The van der Waals surface area contributed by atoms with E-state index in [0.29, 0.717) is 12.2 Å². The average Bonchev–Trinajstić information content (AvgIpc) is 2.29. The summed E-state index contributed by atoms with van der Waals surface area (Å²) in [6.07, 6.45) is 3.49. The second-order valence-corrected chi connectivity index (χ2v) is 5.26. The Morgan fingerprint density at radius 2 is 1.85 bits per heavy atom. The Labute approximate surface area is 82.9 Å². The second-order valence-electron chi connectivity index (χ2n) is 5.26. The Bertz CT molecular complexity index is 151. The van der Waals surface area contributed by atoms with E-state index < -0.39 is 0 Å². The van der Waals surface area contributed by atoms with Gasteiger partial charge in [0.1, 0.15) is 0 Å². The summed E-state index contributed by atoms with van der Waals surface area (Å²) >= 11 is 0. The van der Waals surface area contributed by atoms with Gasteiger partial charge in [0.15, 0.2) is 0 Å². The van der Waals surface area contributed by atoms with E-state index in [9.17, 15) is 0 Å². The molecule has 0 aliphatic carbocycles. The fourth-order valence-electron chi connectivity index (χ4n) is 2.39. The minimum absolute atomic E-state index is 0.483. The minimum Gasteiger partial charge on any atom is -0.375 e. The van der Waals surface area contributed by atoms with Crippen LogP contribution in [0.25, 0.3) is 0 Å². The summed E-state index contributed by atoms with van der Waals surface area (Å²) in [7, 11) is 0. The molecule has 1 aliphatic rings. The van der Waals surface area contributed by atoms with Gasteiger partial charge in [-0.1, -0.05) is 27.7 Å². The van der Waals surface area contributed by atoms with Gasteiger partial charge >= 0.3 is 0 Å². The minimum atomic E-state index is 0.483. The Morgan fingerprint density at radius 3 is 2.31 bits per heavy atom. The maximum absolute atomic E-state index is 5.95. The van der Waals surface area contributed by atoms with Crippen molar-refractivity contribution in [3.8, 4) is 0 Å². The van der Waals surface area contributed by atoms with Gasteiger partial charge in [0.2, 0.25) is 0 Å². The monoisotopic (exact) mass is 184 g/mol. The molecule has 1 nitrogen and oxygen atoms in total. The molecule has 1 rings (SSSR count). The van der Waals surface area contributed by atoms with Gasteiger partial charge in [-0.05, 0) is 37.5 Å². The standard InChI is InChI=1S/C12H24O/c1-8(2)6-12-11(9(3)4)7-10(5)13-12/h8-12H,6-7H2,1-5H3. The smallest absolute Gasteiger partial charge is 0.0612 e. The van der Waals surface area contributed by atoms with Crippen LogP contribution in [0.2, 0.25) is 0 Å². The summed E-state index contributed by atoms with van der Waals surface area (Å²) in [5.41, 5.74) is 0. The highest BCUT2D eigenvalue weighted by Gasteiger charge is 2.34. The lowest BCUT2D eigenvalue weighted by Gasteiger charge is -2.23. The zero-order valence-electron chi connectivity index (χ0n) is 9.71. The average molecular weight is 184 g/mol. The van der Waals surface area contributed by atoms with Crippen LogP contribution in [-0.4, -0.2) is 12.2 Å². The molecule has 0 bridgehead atoms. The van der Waals surface area contributed by atoms with Crippen molar-refractivity contribution in [1.82, 2.24) is 0 Å². The van der Waals surface area contributed by atoms with Crippen LogP contribution in [0.5, 0.6) is 0 Å². The van der Waals surface area contributed by atoms with Crippen molar-refractivity contribution in [1.29, 1.82) is 0 Å². The molecule has 13 heavy (non-hydrogen) atoms. The molecule has 0 aromatic carbocycles. The van der Waals surface area contributed by atoms with Gasteiger partial charge < -0.3 is 4.74 Å². The van der Waals surface area contributed by atoms with Crippen molar-refractivity contribution in [2.75, 3.05) is 0 Å². The van der Waals surface area contributed by atoms with Crippen LogP contribution < -0.4 is 0 Å². The summed E-state index contributed by atoms with van der Waals surface area (Å²) in [6, 6.07) is 0. The van der Waals surface area contributed by atoms with Crippen molar-refractivity contribution in [3.63, 3.8) is 0 Å². The summed E-state index contributed by atoms with van der Waals surface area (Å²) in [5, 5.41) is 0. The molecule has 1 heterocycles. The summed E-state index contributed by atoms with van der Waals surface area (Å²) in [4.78, 5) is 0. The first-order valence-electron chi connectivity index (χ1n) is 5.66. The topological polar surface area (TPSA) is 9.23 Å². The molecule has 0 saturated carbocycles. The molecule has 78 valence electrons. The van der Waals surface area contributed by atoms with E-state index in [4.69, 9.17) is 4.74 Å². The molecular formula is C12H24O. The van der Waals surface area contributed by atoms with Gasteiger partial charge in [-0.2, -0.15) is 0 Å². The first kappa shape index (κ1) is 11.0. The van der Waals surface area contributed by atoms with Crippen LogP contribution in [-0.2, 0) is 4.74 Å². The normalized spacial score (nSPS) is 34.8. The molecule has 0 spiro atoms. The molecule has 1 fully saturated rings. The van der Waals surface area contributed by atoms with E-state index in [-0.39, 0.29) is 0 Å². The highest BCUT2D eigenvalue weighted by atomic mass is 16.5. The second kappa shape index (κ2) is 4.45. The Morgan fingerprint density at radius 1 is 1.23 bits per heavy atom. The van der Waals surface area contributed by atoms with Crippen molar-refractivity contribution >= 4 is 0 Å². The van der Waals surface area contributed by atoms with Crippen LogP contribution in [0, 0.1) is 17.8 Å². The summed E-state index contributed by atoms with van der Waals surface area (Å²) in [5.74, 6) is 2.32. The van der Waals surface area contributed by atoms with E-state index >= 15 is 0 Å². The zero-order chi connectivity index (χ0) is 10.0. The van der Waals surface area contributed by atoms with E-state index in [0.717, 1.165) is 17.8 Å². The lowest BCUT2D eigenvalue weighted by molar-refractivity contribution is 0.0246. The number of hydrogen-bond acceptors (Lipinski definition) is 1. The molecule has 3 unspecified atom stereocenters. The third kappa shape index (κ3) is 2.98. The lowest BCUT2D eigenvalue weighted by atomic mass is 9.85. The third-order valence-corrected chi connectivity index (χ3v) is 3.05. The van der Waals surface area contributed by atoms with Gasteiger partial charge in [-0.3, -0.25) is 0 Å².